The second kappa shape index (κ2) is 7.56. The fraction of sp³-hybridized carbons (Fsp3) is 0.222. The van der Waals surface area contributed by atoms with E-state index in [4.69, 9.17) is 9.47 Å². The SMILES string of the molecule is C=C(C)C(=O)OCC(CO)OC(=O)c1cccc2ccccc12. The molecule has 0 aliphatic rings. The topological polar surface area (TPSA) is 72.8 Å². The summed E-state index contributed by atoms with van der Waals surface area (Å²) >= 11 is 0. The summed E-state index contributed by atoms with van der Waals surface area (Å²) < 4.78 is 10.1. The van der Waals surface area contributed by atoms with E-state index in [2.05, 4.69) is 6.58 Å². The summed E-state index contributed by atoms with van der Waals surface area (Å²) in [6, 6.07) is 12.7. The van der Waals surface area contributed by atoms with Crippen molar-refractivity contribution < 1.29 is 24.2 Å². The van der Waals surface area contributed by atoms with Gasteiger partial charge in [-0.25, -0.2) is 9.59 Å². The molecule has 0 fully saturated rings. The maximum atomic E-state index is 12.3. The van der Waals surface area contributed by atoms with Crippen LogP contribution in [0.4, 0.5) is 0 Å². The van der Waals surface area contributed by atoms with Crippen molar-refractivity contribution >= 4 is 22.7 Å². The van der Waals surface area contributed by atoms with Gasteiger partial charge in [0, 0.05) is 5.57 Å². The van der Waals surface area contributed by atoms with Gasteiger partial charge in [-0.2, -0.15) is 0 Å². The molecule has 1 unspecified atom stereocenters. The van der Waals surface area contributed by atoms with Crippen LogP contribution in [0.5, 0.6) is 0 Å². The number of esters is 2. The molecule has 0 aromatic heterocycles. The Hall–Kier alpha value is -2.66. The molecule has 2 rings (SSSR count). The zero-order valence-electron chi connectivity index (χ0n) is 12.8. The van der Waals surface area contributed by atoms with Crippen LogP contribution < -0.4 is 0 Å². The lowest BCUT2D eigenvalue weighted by atomic mass is 10.0. The number of hydrogen-bond acceptors (Lipinski definition) is 5. The predicted octanol–water partition coefficient (Wildman–Crippen LogP) is 2.48. The number of fused-ring (bicyclic) bond motifs is 1. The van der Waals surface area contributed by atoms with Gasteiger partial charge < -0.3 is 14.6 Å². The second-order valence-electron chi connectivity index (χ2n) is 5.12. The first-order valence-electron chi connectivity index (χ1n) is 7.15. The minimum absolute atomic E-state index is 0.224. The lowest BCUT2D eigenvalue weighted by molar-refractivity contribution is -0.142. The molecule has 2 aromatic rings. The number of benzene rings is 2. The lowest BCUT2D eigenvalue weighted by Gasteiger charge is -2.16. The number of aliphatic hydroxyl groups is 1. The van der Waals surface area contributed by atoms with E-state index < -0.39 is 24.6 Å². The normalized spacial score (nSPS) is 11.7. The molecule has 0 aliphatic carbocycles. The molecule has 5 heteroatoms. The Balaban J connectivity index is 2.09. The average Bonchev–Trinajstić information content (AvgIpc) is 2.57. The molecule has 0 spiro atoms. The van der Waals surface area contributed by atoms with Crippen LogP contribution in [0.1, 0.15) is 17.3 Å². The summed E-state index contributed by atoms with van der Waals surface area (Å²) in [7, 11) is 0. The van der Waals surface area contributed by atoms with Crippen LogP contribution in [0.25, 0.3) is 10.8 Å². The van der Waals surface area contributed by atoms with Crippen molar-refractivity contribution in [1.29, 1.82) is 0 Å². The average molecular weight is 314 g/mol. The molecule has 0 heterocycles. The second-order valence-corrected chi connectivity index (χ2v) is 5.12. The van der Waals surface area contributed by atoms with Crippen LogP contribution in [0, 0.1) is 0 Å². The fourth-order valence-electron chi connectivity index (χ4n) is 2.03. The molecule has 0 amide bonds. The van der Waals surface area contributed by atoms with E-state index in [1.54, 1.807) is 12.1 Å². The molecular formula is C18H18O5. The summed E-state index contributed by atoms with van der Waals surface area (Å²) in [5, 5.41) is 11.0. The van der Waals surface area contributed by atoms with E-state index >= 15 is 0 Å². The summed E-state index contributed by atoms with van der Waals surface area (Å²) in [6.45, 7) is 4.30. The molecule has 1 N–H and O–H groups in total. The number of ether oxygens (including phenoxy) is 2. The van der Waals surface area contributed by atoms with Crippen molar-refractivity contribution in [3.05, 3.63) is 60.2 Å². The van der Waals surface area contributed by atoms with E-state index in [1.807, 2.05) is 30.3 Å². The molecule has 1 atom stereocenters. The van der Waals surface area contributed by atoms with Gasteiger partial charge in [0.1, 0.15) is 6.61 Å². The third kappa shape index (κ3) is 4.17. The third-order valence-electron chi connectivity index (χ3n) is 3.24. The lowest BCUT2D eigenvalue weighted by Crippen LogP contribution is -2.28. The van der Waals surface area contributed by atoms with Gasteiger partial charge >= 0.3 is 11.9 Å². The number of carbonyl (C=O) groups excluding carboxylic acids is 2. The standard InChI is InChI=1S/C18H18O5/c1-12(2)17(20)22-11-14(10-19)23-18(21)16-9-5-7-13-6-3-4-8-15(13)16/h3-9,14,19H,1,10-11H2,2H3. The Kier molecular flexibility index (Phi) is 5.49. The summed E-state index contributed by atoms with van der Waals surface area (Å²) in [4.78, 5) is 23.7. The summed E-state index contributed by atoms with van der Waals surface area (Å²) in [5.41, 5.74) is 0.634. The molecule has 0 bridgehead atoms. The quantitative estimate of drug-likeness (QED) is 0.655. The van der Waals surface area contributed by atoms with E-state index in [0.717, 1.165) is 10.8 Å². The van der Waals surface area contributed by atoms with E-state index in [9.17, 15) is 14.7 Å². The highest BCUT2D eigenvalue weighted by atomic mass is 16.6. The van der Waals surface area contributed by atoms with Crippen molar-refractivity contribution in [2.24, 2.45) is 0 Å². The molecule has 120 valence electrons. The van der Waals surface area contributed by atoms with Crippen LogP contribution in [-0.2, 0) is 14.3 Å². The van der Waals surface area contributed by atoms with Crippen molar-refractivity contribution in [3.8, 4) is 0 Å². The van der Waals surface area contributed by atoms with Crippen molar-refractivity contribution in [2.75, 3.05) is 13.2 Å². The molecule has 0 saturated carbocycles. The van der Waals surface area contributed by atoms with E-state index in [1.165, 1.54) is 6.92 Å². The Morgan fingerprint density at radius 2 is 1.87 bits per heavy atom. The number of aliphatic hydroxyl groups excluding tert-OH is 1. The maximum absolute atomic E-state index is 12.3. The molecule has 2 aromatic carbocycles. The highest BCUT2D eigenvalue weighted by molar-refractivity contribution is 6.04. The summed E-state index contributed by atoms with van der Waals surface area (Å²) in [5.74, 6) is -1.17. The number of rotatable bonds is 6. The third-order valence-corrected chi connectivity index (χ3v) is 3.24. The van der Waals surface area contributed by atoms with Gasteiger partial charge in [-0.15, -0.1) is 0 Å². The van der Waals surface area contributed by atoms with Gasteiger partial charge in [0.25, 0.3) is 0 Å². The smallest absolute Gasteiger partial charge is 0.339 e. The molecule has 23 heavy (non-hydrogen) atoms. The molecule has 0 aliphatic heterocycles. The highest BCUT2D eigenvalue weighted by Gasteiger charge is 2.19. The molecule has 0 radical (unpaired) electrons. The van der Waals surface area contributed by atoms with Crippen LogP contribution in [-0.4, -0.2) is 36.4 Å². The van der Waals surface area contributed by atoms with Crippen molar-refractivity contribution in [1.82, 2.24) is 0 Å². The minimum atomic E-state index is -0.926. The first-order valence-corrected chi connectivity index (χ1v) is 7.15. The fourth-order valence-corrected chi connectivity index (χ4v) is 2.03. The number of hydrogen-bond donors (Lipinski definition) is 1. The maximum Gasteiger partial charge on any atom is 0.339 e. The highest BCUT2D eigenvalue weighted by Crippen LogP contribution is 2.19. The summed E-state index contributed by atoms with van der Waals surface area (Å²) in [6.07, 6.45) is -0.926. The van der Waals surface area contributed by atoms with Gasteiger partial charge in [-0.3, -0.25) is 0 Å². The van der Waals surface area contributed by atoms with Gasteiger partial charge in [0.05, 0.1) is 12.2 Å². The van der Waals surface area contributed by atoms with Crippen molar-refractivity contribution in [3.63, 3.8) is 0 Å². The Bertz CT molecular complexity index is 730. The first kappa shape index (κ1) is 16.7. The Morgan fingerprint density at radius 1 is 1.17 bits per heavy atom. The molecule has 0 saturated heterocycles. The van der Waals surface area contributed by atoms with Crippen LogP contribution in [0.3, 0.4) is 0 Å². The van der Waals surface area contributed by atoms with Gasteiger partial charge in [-0.05, 0) is 23.8 Å². The van der Waals surface area contributed by atoms with Gasteiger partial charge in [0.2, 0.25) is 0 Å². The van der Waals surface area contributed by atoms with E-state index in [-0.39, 0.29) is 12.2 Å². The van der Waals surface area contributed by atoms with Crippen molar-refractivity contribution in [2.45, 2.75) is 13.0 Å². The molecule has 5 nitrogen and oxygen atoms in total. The largest absolute Gasteiger partial charge is 0.458 e. The van der Waals surface area contributed by atoms with Crippen LogP contribution in [0.2, 0.25) is 0 Å². The Morgan fingerprint density at radius 3 is 2.57 bits per heavy atom. The van der Waals surface area contributed by atoms with E-state index in [0.29, 0.717) is 5.56 Å². The Labute approximate surface area is 134 Å². The zero-order chi connectivity index (χ0) is 16.8. The van der Waals surface area contributed by atoms with Crippen LogP contribution in [0.15, 0.2) is 54.6 Å². The monoisotopic (exact) mass is 314 g/mol. The zero-order valence-corrected chi connectivity index (χ0v) is 12.8. The van der Waals surface area contributed by atoms with Gasteiger partial charge in [0.15, 0.2) is 6.10 Å². The minimum Gasteiger partial charge on any atom is -0.458 e. The number of carbonyl (C=O) groups is 2. The predicted molar refractivity (Wildman–Crippen MR) is 86.0 cm³/mol. The van der Waals surface area contributed by atoms with Crippen LogP contribution >= 0.6 is 0 Å². The van der Waals surface area contributed by atoms with Gasteiger partial charge in [-0.1, -0.05) is 43.0 Å². The molecular weight excluding hydrogens is 296 g/mol. The first-order chi connectivity index (χ1) is 11.0.